The Bertz CT molecular complexity index is 725. The Kier molecular flexibility index (Phi) is 8.33. The van der Waals surface area contributed by atoms with Gasteiger partial charge in [0.2, 0.25) is 0 Å². The Hall–Kier alpha value is -3.03. The highest BCUT2D eigenvalue weighted by atomic mass is 16.6. The molecule has 0 heterocycles. The number of rotatable bonds is 8. The van der Waals surface area contributed by atoms with E-state index in [1.807, 2.05) is 25.1 Å². The number of esters is 1. The number of allylic oxidation sites excluding steroid dienone is 1. The lowest BCUT2D eigenvalue weighted by molar-refractivity contribution is -0.150. The summed E-state index contributed by atoms with van der Waals surface area (Å²) >= 11 is 0. The molecule has 1 aromatic carbocycles. The maximum absolute atomic E-state index is 11.8. The number of imide groups is 1. The normalized spacial score (nSPS) is 13.9. The van der Waals surface area contributed by atoms with Crippen LogP contribution in [0.5, 0.6) is 11.5 Å². The molecule has 1 aliphatic rings. The lowest BCUT2D eigenvalue weighted by Crippen LogP contribution is -2.45. The van der Waals surface area contributed by atoms with Crippen molar-refractivity contribution in [1.82, 2.24) is 10.6 Å². The topological polar surface area (TPSA) is 103 Å². The first kappa shape index (κ1) is 21.3. The second-order valence-electron chi connectivity index (χ2n) is 6.36. The van der Waals surface area contributed by atoms with Gasteiger partial charge in [-0.25, -0.2) is 9.59 Å². The second kappa shape index (κ2) is 11.0. The molecule has 1 fully saturated rings. The maximum Gasteiger partial charge on any atom is 0.344 e. The summed E-state index contributed by atoms with van der Waals surface area (Å²) in [6.07, 6.45) is 7.76. The van der Waals surface area contributed by atoms with E-state index in [0.29, 0.717) is 11.5 Å². The molecule has 8 heteroatoms. The zero-order chi connectivity index (χ0) is 20.4. The van der Waals surface area contributed by atoms with Crippen LogP contribution in [-0.4, -0.2) is 44.3 Å². The van der Waals surface area contributed by atoms with E-state index in [1.54, 1.807) is 12.1 Å². The van der Waals surface area contributed by atoms with Gasteiger partial charge in [0, 0.05) is 6.04 Å². The molecule has 0 bridgehead atoms. The predicted octanol–water partition coefficient (Wildman–Crippen LogP) is 2.42. The van der Waals surface area contributed by atoms with Crippen molar-refractivity contribution in [2.24, 2.45) is 0 Å². The fourth-order valence-corrected chi connectivity index (χ4v) is 2.88. The van der Waals surface area contributed by atoms with Crippen molar-refractivity contribution in [3.8, 4) is 11.5 Å². The third-order valence-electron chi connectivity index (χ3n) is 4.20. The van der Waals surface area contributed by atoms with E-state index in [-0.39, 0.29) is 12.6 Å². The van der Waals surface area contributed by atoms with Gasteiger partial charge in [0.05, 0.1) is 7.11 Å². The van der Waals surface area contributed by atoms with Crippen LogP contribution in [0.25, 0.3) is 6.08 Å². The summed E-state index contributed by atoms with van der Waals surface area (Å²) in [5.74, 6) is -0.569. The van der Waals surface area contributed by atoms with E-state index in [0.717, 1.165) is 31.2 Å². The molecule has 0 spiro atoms. The molecule has 2 N–H and O–H groups in total. The Labute approximate surface area is 164 Å². The standard InChI is InChI=1S/C20H26N2O6/c1-3-6-14-9-10-16(17(11-14)26-2)27-13-19(24)28-12-18(23)22-20(25)21-15-7-4-5-8-15/h3,6,9-11,15H,4-5,7-8,12-13H2,1-2H3,(H2,21,22,23,25)/b6-3+. The second-order valence-corrected chi connectivity index (χ2v) is 6.36. The van der Waals surface area contributed by atoms with Gasteiger partial charge in [-0.05, 0) is 37.5 Å². The number of urea groups is 1. The predicted molar refractivity (Wildman–Crippen MR) is 103 cm³/mol. The highest BCUT2D eigenvalue weighted by Crippen LogP contribution is 2.28. The van der Waals surface area contributed by atoms with Gasteiger partial charge in [-0.3, -0.25) is 10.1 Å². The zero-order valence-electron chi connectivity index (χ0n) is 16.2. The summed E-state index contributed by atoms with van der Waals surface area (Å²) in [6.45, 7) is 0.958. The van der Waals surface area contributed by atoms with Gasteiger partial charge in [0.1, 0.15) is 0 Å². The first-order valence-electron chi connectivity index (χ1n) is 9.21. The number of hydrogen-bond donors (Lipinski definition) is 2. The van der Waals surface area contributed by atoms with Gasteiger partial charge in [0.15, 0.2) is 24.7 Å². The number of benzene rings is 1. The number of carbonyl (C=O) groups is 3. The molecule has 0 aromatic heterocycles. The van der Waals surface area contributed by atoms with Gasteiger partial charge in [0.25, 0.3) is 5.91 Å². The van der Waals surface area contributed by atoms with Crippen molar-refractivity contribution in [2.75, 3.05) is 20.3 Å². The molecule has 1 aromatic rings. The average Bonchev–Trinajstić information content (AvgIpc) is 3.18. The molecule has 0 radical (unpaired) electrons. The van der Waals surface area contributed by atoms with Crippen molar-refractivity contribution >= 4 is 24.0 Å². The fraction of sp³-hybridized carbons (Fsp3) is 0.450. The Morgan fingerprint density at radius 1 is 1.14 bits per heavy atom. The minimum Gasteiger partial charge on any atom is -0.493 e. The molecule has 2 rings (SSSR count). The fourth-order valence-electron chi connectivity index (χ4n) is 2.88. The third-order valence-corrected chi connectivity index (χ3v) is 4.20. The van der Waals surface area contributed by atoms with Crippen molar-refractivity contribution in [2.45, 2.75) is 38.6 Å². The first-order chi connectivity index (χ1) is 13.5. The molecule has 28 heavy (non-hydrogen) atoms. The SMILES string of the molecule is C/C=C/c1ccc(OCC(=O)OCC(=O)NC(=O)NC2CCCC2)c(OC)c1. The summed E-state index contributed by atoms with van der Waals surface area (Å²) in [7, 11) is 1.50. The van der Waals surface area contributed by atoms with Crippen LogP contribution in [0.4, 0.5) is 4.79 Å². The minimum atomic E-state index is -0.731. The number of methoxy groups -OCH3 is 1. The average molecular weight is 390 g/mol. The van der Waals surface area contributed by atoms with Crippen molar-refractivity contribution in [3.05, 3.63) is 29.8 Å². The zero-order valence-corrected chi connectivity index (χ0v) is 16.2. The van der Waals surface area contributed by atoms with Crippen LogP contribution in [0.15, 0.2) is 24.3 Å². The summed E-state index contributed by atoms with van der Waals surface area (Å²) in [5, 5.41) is 4.85. The molecule has 8 nitrogen and oxygen atoms in total. The highest BCUT2D eigenvalue weighted by Gasteiger charge is 2.18. The van der Waals surface area contributed by atoms with Gasteiger partial charge < -0.3 is 19.5 Å². The van der Waals surface area contributed by atoms with Crippen LogP contribution >= 0.6 is 0 Å². The van der Waals surface area contributed by atoms with Crippen LogP contribution in [0, 0.1) is 0 Å². The van der Waals surface area contributed by atoms with Crippen LogP contribution < -0.4 is 20.1 Å². The van der Waals surface area contributed by atoms with E-state index in [4.69, 9.17) is 14.2 Å². The summed E-state index contributed by atoms with van der Waals surface area (Å²) < 4.78 is 15.5. The molecule has 1 saturated carbocycles. The molecule has 0 atom stereocenters. The number of amides is 3. The number of nitrogens with one attached hydrogen (secondary N) is 2. The van der Waals surface area contributed by atoms with E-state index < -0.39 is 24.5 Å². The molecule has 0 saturated heterocycles. The Morgan fingerprint density at radius 3 is 2.57 bits per heavy atom. The maximum atomic E-state index is 11.8. The van der Waals surface area contributed by atoms with Crippen LogP contribution in [-0.2, 0) is 14.3 Å². The van der Waals surface area contributed by atoms with Gasteiger partial charge in [-0.15, -0.1) is 0 Å². The Morgan fingerprint density at radius 2 is 1.89 bits per heavy atom. The molecular weight excluding hydrogens is 364 g/mol. The number of ether oxygens (including phenoxy) is 3. The molecule has 0 unspecified atom stereocenters. The summed E-state index contributed by atoms with van der Waals surface area (Å²) in [6, 6.07) is 4.80. The third kappa shape index (κ3) is 6.94. The largest absolute Gasteiger partial charge is 0.493 e. The number of carbonyl (C=O) groups excluding carboxylic acids is 3. The van der Waals surface area contributed by atoms with E-state index in [2.05, 4.69) is 10.6 Å². The van der Waals surface area contributed by atoms with E-state index >= 15 is 0 Å². The first-order valence-corrected chi connectivity index (χ1v) is 9.21. The van der Waals surface area contributed by atoms with Crippen LogP contribution in [0.1, 0.15) is 38.2 Å². The molecule has 1 aliphatic carbocycles. The van der Waals surface area contributed by atoms with Crippen LogP contribution in [0.3, 0.4) is 0 Å². The lowest BCUT2D eigenvalue weighted by Gasteiger charge is -2.13. The molecular formula is C20H26N2O6. The highest BCUT2D eigenvalue weighted by molar-refractivity contribution is 5.95. The van der Waals surface area contributed by atoms with E-state index in [9.17, 15) is 14.4 Å². The smallest absolute Gasteiger partial charge is 0.344 e. The van der Waals surface area contributed by atoms with Crippen LogP contribution in [0.2, 0.25) is 0 Å². The van der Waals surface area contributed by atoms with Crippen molar-refractivity contribution < 1.29 is 28.6 Å². The summed E-state index contributed by atoms with van der Waals surface area (Å²) in [5.41, 5.74) is 0.932. The Balaban J connectivity index is 1.72. The quantitative estimate of drug-likeness (QED) is 0.661. The molecule has 0 aliphatic heterocycles. The van der Waals surface area contributed by atoms with Gasteiger partial charge in [-0.1, -0.05) is 31.1 Å². The number of hydrogen-bond acceptors (Lipinski definition) is 6. The van der Waals surface area contributed by atoms with Gasteiger partial charge >= 0.3 is 12.0 Å². The van der Waals surface area contributed by atoms with Gasteiger partial charge in [-0.2, -0.15) is 0 Å². The van der Waals surface area contributed by atoms with Crippen molar-refractivity contribution in [3.63, 3.8) is 0 Å². The summed E-state index contributed by atoms with van der Waals surface area (Å²) in [4.78, 5) is 35.1. The molecule has 3 amide bonds. The molecule has 152 valence electrons. The monoisotopic (exact) mass is 390 g/mol. The minimum absolute atomic E-state index is 0.0953. The van der Waals surface area contributed by atoms with Crippen molar-refractivity contribution in [1.29, 1.82) is 0 Å². The lowest BCUT2D eigenvalue weighted by atomic mass is 10.2. The van der Waals surface area contributed by atoms with E-state index in [1.165, 1.54) is 7.11 Å².